The van der Waals surface area contributed by atoms with E-state index >= 15 is 0 Å². The third-order valence-corrected chi connectivity index (χ3v) is 4.70. The minimum atomic E-state index is -1.06. The van der Waals surface area contributed by atoms with Crippen LogP contribution in [-0.2, 0) is 16.1 Å². The van der Waals surface area contributed by atoms with Gasteiger partial charge in [-0.2, -0.15) is 0 Å². The number of nitrogens with one attached hydrogen (secondary N) is 1. The molecule has 1 amide bonds. The molecular weight excluding hydrogens is 350 g/mol. The topological polar surface area (TPSA) is 105 Å². The van der Waals surface area contributed by atoms with Gasteiger partial charge in [0.2, 0.25) is 0 Å². The summed E-state index contributed by atoms with van der Waals surface area (Å²) < 4.78 is 6.70. The molecule has 0 unspecified atom stereocenters. The Bertz CT molecular complexity index is 914. The van der Waals surface area contributed by atoms with Gasteiger partial charge < -0.3 is 19.7 Å². The summed E-state index contributed by atoms with van der Waals surface area (Å²) in [4.78, 5) is 40.0. The molecule has 0 saturated carbocycles. The first kappa shape index (κ1) is 19.0. The largest absolute Gasteiger partial charge is 0.480 e. The van der Waals surface area contributed by atoms with Gasteiger partial charge in [0.1, 0.15) is 12.1 Å². The van der Waals surface area contributed by atoms with Crippen LogP contribution in [0.5, 0.6) is 0 Å². The van der Waals surface area contributed by atoms with Gasteiger partial charge >= 0.3 is 17.8 Å². The SMILES string of the molecule is CC(C)(C)OC(=O)N1CCC(c2cccc3[nH]c(=O)n(CC(=O)O)c23)CC1. The average molecular weight is 375 g/mol. The van der Waals surface area contributed by atoms with Crippen LogP contribution in [0.4, 0.5) is 4.79 Å². The fourth-order valence-corrected chi connectivity index (χ4v) is 3.56. The Hall–Kier alpha value is -2.77. The maximum atomic E-state index is 12.2. The molecule has 0 atom stereocenters. The molecule has 3 rings (SSSR count). The van der Waals surface area contributed by atoms with Crippen molar-refractivity contribution >= 4 is 23.1 Å². The molecule has 1 aromatic heterocycles. The fraction of sp³-hybridized carbons (Fsp3) is 0.526. The lowest BCUT2D eigenvalue weighted by atomic mass is 9.88. The molecule has 2 aromatic rings. The minimum absolute atomic E-state index is 0.141. The van der Waals surface area contributed by atoms with Gasteiger partial charge in [-0.05, 0) is 51.2 Å². The van der Waals surface area contributed by atoms with Gasteiger partial charge in [0.15, 0.2) is 0 Å². The molecule has 2 N–H and O–H groups in total. The van der Waals surface area contributed by atoms with Crippen molar-refractivity contribution < 1.29 is 19.4 Å². The molecule has 0 aliphatic carbocycles. The summed E-state index contributed by atoms with van der Waals surface area (Å²) in [5.41, 5.74) is 1.26. The van der Waals surface area contributed by atoms with E-state index < -0.39 is 17.3 Å². The van der Waals surface area contributed by atoms with Crippen LogP contribution in [0.25, 0.3) is 11.0 Å². The number of imidazole rings is 1. The number of fused-ring (bicyclic) bond motifs is 1. The van der Waals surface area contributed by atoms with Crippen LogP contribution in [0.15, 0.2) is 23.0 Å². The van der Waals surface area contributed by atoms with Gasteiger partial charge in [-0.1, -0.05) is 12.1 Å². The molecule has 1 fully saturated rings. The Labute approximate surface area is 156 Å². The maximum Gasteiger partial charge on any atom is 0.410 e. The smallest absolute Gasteiger partial charge is 0.410 e. The number of hydrogen-bond donors (Lipinski definition) is 2. The van der Waals surface area contributed by atoms with Crippen LogP contribution in [-0.4, -0.2) is 50.3 Å². The molecule has 0 bridgehead atoms. The van der Waals surface area contributed by atoms with Crippen LogP contribution in [0.2, 0.25) is 0 Å². The minimum Gasteiger partial charge on any atom is -0.480 e. The van der Waals surface area contributed by atoms with Crippen LogP contribution >= 0.6 is 0 Å². The van der Waals surface area contributed by atoms with E-state index in [1.54, 1.807) is 11.0 Å². The number of rotatable bonds is 3. The van der Waals surface area contributed by atoms with Gasteiger partial charge in [-0.15, -0.1) is 0 Å². The van der Waals surface area contributed by atoms with Crippen LogP contribution < -0.4 is 5.69 Å². The first-order chi connectivity index (χ1) is 12.7. The highest BCUT2D eigenvalue weighted by atomic mass is 16.6. The second-order valence-corrected chi connectivity index (χ2v) is 7.90. The molecule has 1 aliphatic rings. The zero-order chi connectivity index (χ0) is 19.8. The van der Waals surface area contributed by atoms with E-state index in [2.05, 4.69) is 4.98 Å². The van der Waals surface area contributed by atoms with E-state index in [0.29, 0.717) is 24.1 Å². The summed E-state index contributed by atoms with van der Waals surface area (Å²) in [6.45, 7) is 6.25. The van der Waals surface area contributed by atoms with E-state index in [0.717, 1.165) is 18.4 Å². The second-order valence-electron chi connectivity index (χ2n) is 7.90. The highest BCUT2D eigenvalue weighted by Gasteiger charge is 2.29. The van der Waals surface area contributed by atoms with E-state index in [4.69, 9.17) is 9.84 Å². The quantitative estimate of drug-likeness (QED) is 0.858. The van der Waals surface area contributed by atoms with Crippen molar-refractivity contribution in [2.24, 2.45) is 0 Å². The van der Waals surface area contributed by atoms with Crippen molar-refractivity contribution in [1.82, 2.24) is 14.5 Å². The number of piperidine rings is 1. The zero-order valence-corrected chi connectivity index (χ0v) is 15.8. The number of carboxylic acids is 1. The molecular formula is C19H25N3O5. The third kappa shape index (κ3) is 4.15. The first-order valence-electron chi connectivity index (χ1n) is 9.07. The van der Waals surface area contributed by atoms with Crippen LogP contribution in [0.3, 0.4) is 0 Å². The number of nitrogens with zero attached hydrogens (tertiary/aromatic N) is 2. The number of carbonyl (C=O) groups is 2. The Kier molecular flexibility index (Phi) is 4.99. The Morgan fingerprint density at radius 3 is 2.52 bits per heavy atom. The first-order valence-corrected chi connectivity index (χ1v) is 9.07. The van der Waals surface area contributed by atoms with Gasteiger partial charge in [0.25, 0.3) is 0 Å². The molecule has 0 spiro atoms. The summed E-state index contributed by atoms with van der Waals surface area (Å²) in [5, 5.41) is 9.13. The standard InChI is InChI=1S/C19H25N3O5/c1-19(2,3)27-18(26)21-9-7-12(8-10-21)13-5-4-6-14-16(13)22(11-15(23)24)17(25)20-14/h4-6,12H,7-11H2,1-3H3,(H,20,25)(H,23,24). The van der Waals surface area contributed by atoms with E-state index in [1.807, 2.05) is 32.9 Å². The lowest BCUT2D eigenvalue weighted by molar-refractivity contribution is -0.137. The lowest BCUT2D eigenvalue weighted by Crippen LogP contribution is -2.41. The number of carboxylic acid groups (broad SMARTS) is 1. The molecule has 8 heteroatoms. The predicted molar refractivity (Wildman–Crippen MR) is 100.0 cm³/mol. The molecule has 146 valence electrons. The second kappa shape index (κ2) is 7.09. The Morgan fingerprint density at radius 2 is 1.93 bits per heavy atom. The monoisotopic (exact) mass is 375 g/mol. The molecule has 0 radical (unpaired) electrons. The summed E-state index contributed by atoms with van der Waals surface area (Å²) in [5.74, 6) is -0.921. The number of benzene rings is 1. The van der Waals surface area contributed by atoms with E-state index in [1.165, 1.54) is 4.57 Å². The molecule has 8 nitrogen and oxygen atoms in total. The number of likely N-dealkylation sites (tertiary alicyclic amines) is 1. The number of hydrogen-bond acceptors (Lipinski definition) is 4. The molecule has 2 heterocycles. The van der Waals surface area contributed by atoms with Crippen molar-refractivity contribution in [3.63, 3.8) is 0 Å². The fourth-order valence-electron chi connectivity index (χ4n) is 3.56. The Morgan fingerprint density at radius 1 is 1.26 bits per heavy atom. The number of aliphatic carboxylic acids is 1. The van der Waals surface area contributed by atoms with Crippen molar-refractivity contribution in [1.29, 1.82) is 0 Å². The van der Waals surface area contributed by atoms with Crippen molar-refractivity contribution in [3.8, 4) is 0 Å². The Balaban J connectivity index is 1.82. The normalized spacial score (nSPS) is 15.9. The number of aromatic nitrogens is 2. The van der Waals surface area contributed by atoms with Crippen molar-refractivity contribution in [3.05, 3.63) is 34.2 Å². The number of carbonyl (C=O) groups excluding carboxylic acids is 1. The van der Waals surface area contributed by atoms with Crippen LogP contribution in [0, 0.1) is 0 Å². The number of para-hydroxylation sites is 1. The third-order valence-electron chi connectivity index (χ3n) is 4.70. The molecule has 1 aromatic carbocycles. The van der Waals surface area contributed by atoms with Gasteiger partial charge in [-0.25, -0.2) is 9.59 Å². The van der Waals surface area contributed by atoms with Crippen LogP contribution in [0.1, 0.15) is 45.1 Å². The molecule has 1 saturated heterocycles. The number of aromatic amines is 1. The van der Waals surface area contributed by atoms with Gasteiger partial charge in [0.05, 0.1) is 11.0 Å². The highest BCUT2D eigenvalue weighted by molar-refractivity contribution is 5.81. The summed E-state index contributed by atoms with van der Waals surface area (Å²) in [6, 6.07) is 5.56. The lowest BCUT2D eigenvalue weighted by Gasteiger charge is -2.33. The maximum absolute atomic E-state index is 12.2. The number of H-pyrrole nitrogens is 1. The van der Waals surface area contributed by atoms with Gasteiger partial charge in [0, 0.05) is 13.1 Å². The van der Waals surface area contributed by atoms with Crippen molar-refractivity contribution in [2.75, 3.05) is 13.1 Å². The highest BCUT2D eigenvalue weighted by Crippen LogP contribution is 2.32. The van der Waals surface area contributed by atoms with Crippen molar-refractivity contribution in [2.45, 2.75) is 51.7 Å². The van der Waals surface area contributed by atoms with E-state index in [9.17, 15) is 14.4 Å². The average Bonchev–Trinajstić information content (AvgIpc) is 2.88. The summed E-state index contributed by atoms with van der Waals surface area (Å²) >= 11 is 0. The molecule has 1 aliphatic heterocycles. The van der Waals surface area contributed by atoms with E-state index in [-0.39, 0.29) is 18.6 Å². The number of amides is 1. The zero-order valence-electron chi connectivity index (χ0n) is 15.8. The number of ether oxygens (including phenoxy) is 1. The predicted octanol–water partition coefficient (Wildman–Crippen LogP) is 2.53. The summed E-state index contributed by atoms with van der Waals surface area (Å²) in [7, 11) is 0. The molecule has 27 heavy (non-hydrogen) atoms. The summed E-state index contributed by atoms with van der Waals surface area (Å²) in [6.07, 6.45) is 1.14. The van der Waals surface area contributed by atoms with Gasteiger partial charge in [-0.3, -0.25) is 9.36 Å².